The predicted octanol–water partition coefficient (Wildman–Crippen LogP) is 5.96. The van der Waals surface area contributed by atoms with Gasteiger partial charge in [-0.05, 0) is 43.0 Å². The topological polar surface area (TPSA) is 105 Å². The molecule has 0 radical (unpaired) electrons. The van der Waals surface area contributed by atoms with Crippen molar-refractivity contribution in [2.75, 3.05) is 6.61 Å². The van der Waals surface area contributed by atoms with Crippen LogP contribution in [0.5, 0.6) is 11.5 Å². The molecule has 0 amide bonds. The quantitative estimate of drug-likeness (QED) is 0.178. The Hall–Kier alpha value is -2.75. The van der Waals surface area contributed by atoms with Crippen LogP contribution in [-0.4, -0.2) is 23.6 Å². The van der Waals surface area contributed by atoms with Crippen LogP contribution in [0.2, 0.25) is 5.02 Å². The monoisotopic (exact) mass is 508 g/mol. The van der Waals surface area contributed by atoms with E-state index in [1.165, 1.54) is 0 Å². The minimum absolute atomic E-state index is 0.0172. The van der Waals surface area contributed by atoms with Gasteiger partial charge in [0.15, 0.2) is 0 Å². The Morgan fingerprint density at radius 3 is 2.39 bits per heavy atom. The van der Waals surface area contributed by atoms with Crippen molar-refractivity contribution in [1.82, 2.24) is 0 Å². The summed E-state index contributed by atoms with van der Waals surface area (Å²) in [6, 6.07) is 4.65. The molecule has 33 heavy (non-hydrogen) atoms. The maximum Gasteiger partial charge on any atom is 0.556 e. The molecular formula is C20H19ClF3NO7P+. The molecule has 2 rings (SSSR count). The largest absolute Gasteiger partial charge is 0.556 e. The van der Waals surface area contributed by atoms with E-state index in [9.17, 15) is 32.6 Å². The van der Waals surface area contributed by atoms with Gasteiger partial charge in [-0.15, -0.1) is 4.52 Å². The van der Waals surface area contributed by atoms with E-state index in [-0.39, 0.29) is 28.2 Å². The number of ether oxygens (including phenoxy) is 2. The van der Waals surface area contributed by atoms with Crippen LogP contribution in [-0.2, 0) is 31.2 Å². The van der Waals surface area contributed by atoms with Crippen molar-refractivity contribution in [3.05, 3.63) is 56.6 Å². The van der Waals surface area contributed by atoms with Crippen LogP contribution in [0, 0.1) is 10.1 Å². The Morgan fingerprint density at radius 2 is 1.88 bits per heavy atom. The molecule has 0 aliphatic heterocycles. The van der Waals surface area contributed by atoms with Crippen LogP contribution in [0.15, 0.2) is 30.3 Å². The number of carbonyl (C=O) groups is 1. The van der Waals surface area contributed by atoms with Crippen molar-refractivity contribution < 1.29 is 41.5 Å². The number of nitro benzene ring substituents is 1. The zero-order valence-electron chi connectivity index (χ0n) is 17.6. The van der Waals surface area contributed by atoms with Gasteiger partial charge in [-0.3, -0.25) is 10.1 Å². The SMILES string of the molecule is CCc1cc([N+](=O)[O-])c([P+](=O)OCC(=O)OC(C)C)cc1Oc1ccc(C(F)(F)F)cc1Cl. The predicted molar refractivity (Wildman–Crippen MR) is 113 cm³/mol. The summed E-state index contributed by atoms with van der Waals surface area (Å²) in [5.41, 5.74) is -1.20. The van der Waals surface area contributed by atoms with Gasteiger partial charge in [0, 0.05) is 17.7 Å². The van der Waals surface area contributed by atoms with Crippen LogP contribution in [0.1, 0.15) is 31.9 Å². The number of benzene rings is 2. The third-order valence-corrected chi connectivity index (χ3v) is 5.49. The summed E-state index contributed by atoms with van der Waals surface area (Å²) in [6.07, 6.45) is -4.80. The number of alkyl halides is 3. The molecule has 0 saturated heterocycles. The fraction of sp³-hybridized carbons (Fsp3) is 0.350. The molecule has 13 heteroatoms. The third-order valence-electron chi connectivity index (χ3n) is 4.08. The number of hydrogen-bond acceptors (Lipinski definition) is 7. The molecule has 0 aliphatic rings. The first-order valence-electron chi connectivity index (χ1n) is 9.49. The minimum Gasteiger partial charge on any atom is -0.461 e. The molecule has 0 aliphatic carbocycles. The summed E-state index contributed by atoms with van der Waals surface area (Å²) >= 11 is 5.92. The smallest absolute Gasteiger partial charge is 0.461 e. The number of halogens is 4. The molecule has 8 nitrogen and oxygen atoms in total. The summed E-state index contributed by atoms with van der Waals surface area (Å²) in [7, 11) is -2.88. The summed E-state index contributed by atoms with van der Waals surface area (Å²) in [5.74, 6) is -0.971. The molecule has 1 unspecified atom stereocenters. The number of carbonyl (C=O) groups excluding carboxylic acids is 1. The van der Waals surface area contributed by atoms with Gasteiger partial charge in [0.05, 0.1) is 21.6 Å². The van der Waals surface area contributed by atoms with Gasteiger partial charge in [-0.25, -0.2) is 4.79 Å². The molecule has 0 N–H and O–H groups in total. The van der Waals surface area contributed by atoms with Gasteiger partial charge in [0.2, 0.25) is 6.61 Å². The van der Waals surface area contributed by atoms with E-state index in [2.05, 4.69) is 0 Å². The number of rotatable bonds is 9. The fourth-order valence-corrected chi connectivity index (χ4v) is 3.76. The Labute approximate surface area is 192 Å². The van der Waals surface area contributed by atoms with Gasteiger partial charge >= 0.3 is 31.2 Å². The van der Waals surface area contributed by atoms with E-state index >= 15 is 0 Å². The van der Waals surface area contributed by atoms with E-state index in [0.717, 1.165) is 24.3 Å². The minimum atomic E-state index is -4.61. The molecule has 178 valence electrons. The zero-order chi connectivity index (χ0) is 24.9. The van der Waals surface area contributed by atoms with Gasteiger partial charge in [-0.2, -0.15) is 13.2 Å². The van der Waals surface area contributed by atoms with Crippen molar-refractivity contribution in [1.29, 1.82) is 0 Å². The average molecular weight is 509 g/mol. The summed E-state index contributed by atoms with van der Waals surface area (Å²) in [6.45, 7) is 4.16. The van der Waals surface area contributed by atoms with Crippen LogP contribution >= 0.6 is 19.6 Å². The molecule has 0 aromatic heterocycles. The highest BCUT2D eigenvalue weighted by molar-refractivity contribution is 7.48. The number of esters is 1. The normalized spacial score (nSPS) is 11.9. The maximum absolute atomic E-state index is 12.9. The van der Waals surface area contributed by atoms with E-state index in [1.54, 1.807) is 20.8 Å². The average Bonchev–Trinajstić information content (AvgIpc) is 2.71. The molecule has 0 bridgehead atoms. The molecular weight excluding hydrogens is 490 g/mol. The molecule has 0 spiro atoms. The van der Waals surface area contributed by atoms with Crippen LogP contribution in [0.3, 0.4) is 0 Å². The Kier molecular flexibility index (Phi) is 8.76. The Bertz CT molecular complexity index is 1080. The van der Waals surface area contributed by atoms with Crippen molar-refractivity contribution >= 4 is 36.6 Å². The van der Waals surface area contributed by atoms with Crippen LogP contribution < -0.4 is 10.0 Å². The van der Waals surface area contributed by atoms with Crippen molar-refractivity contribution in [2.24, 2.45) is 0 Å². The first kappa shape index (κ1) is 26.5. The zero-order valence-corrected chi connectivity index (χ0v) is 19.3. The highest BCUT2D eigenvalue weighted by atomic mass is 35.5. The first-order valence-corrected chi connectivity index (χ1v) is 11.0. The standard InChI is InChI=1S/C20H19ClF3NO7P/c1-4-12-7-15(25(27)28)18(33(29)30-10-19(26)31-11(2)3)9-17(12)32-16-6-5-13(8-14(16)21)20(22,23)24/h5-9,11H,4,10H2,1-3H3/q+1. The van der Waals surface area contributed by atoms with E-state index in [4.69, 9.17) is 25.6 Å². The van der Waals surface area contributed by atoms with Gasteiger partial charge in [0.25, 0.3) is 0 Å². The summed E-state index contributed by atoms with van der Waals surface area (Å²) in [4.78, 5) is 22.3. The van der Waals surface area contributed by atoms with Crippen molar-refractivity contribution in [3.63, 3.8) is 0 Å². The van der Waals surface area contributed by atoms with Gasteiger partial charge in [-0.1, -0.05) is 18.5 Å². The van der Waals surface area contributed by atoms with E-state index in [0.29, 0.717) is 11.6 Å². The Morgan fingerprint density at radius 1 is 1.21 bits per heavy atom. The number of nitrogens with zero attached hydrogens (tertiary/aromatic N) is 1. The lowest BCUT2D eigenvalue weighted by atomic mass is 10.1. The molecule has 2 aromatic rings. The lowest BCUT2D eigenvalue weighted by molar-refractivity contribution is -0.383. The summed E-state index contributed by atoms with van der Waals surface area (Å²) < 4.78 is 66.6. The second-order valence-corrected chi connectivity index (χ2v) is 8.53. The van der Waals surface area contributed by atoms with E-state index < -0.39 is 49.1 Å². The molecule has 2 aromatic carbocycles. The molecule has 0 heterocycles. The number of hydrogen-bond donors (Lipinski definition) is 0. The first-order chi connectivity index (χ1) is 15.3. The van der Waals surface area contributed by atoms with Crippen molar-refractivity contribution in [3.8, 4) is 11.5 Å². The van der Waals surface area contributed by atoms with Crippen molar-refractivity contribution in [2.45, 2.75) is 39.5 Å². The van der Waals surface area contributed by atoms with Crippen LogP contribution in [0.25, 0.3) is 0 Å². The summed E-state index contributed by atoms with van der Waals surface area (Å²) in [5, 5.41) is 10.8. The highest BCUT2D eigenvalue weighted by Crippen LogP contribution is 2.39. The lowest BCUT2D eigenvalue weighted by Gasteiger charge is -2.13. The number of nitro groups is 1. The fourth-order valence-electron chi connectivity index (χ4n) is 2.62. The second-order valence-electron chi connectivity index (χ2n) is 6.87. The number of aryl methyl sites for hydroxylation is 1. The maximum atomic E-state index is 12.9. The van der Waals surface area contributed by atoms with Gasteiger partial charge in [0.1, 0.15) is 11.5 Å². The Balaban J connectivity index is 2.40. The lowest BCUT2D eigenvalue weighted by Crippen LogP contribution is -2.17. The van der Waals surface area contributed by atoms with Gasteiger partial charge < -0.3 is 9.47 Å². The molecule has 0 fully saturated rings. The molecule has 0 saturated carbocycles. The molecule has 1 atom stereocenters. The second kappa shape index (κ2) is 10.9. The van der Waals surface area contributed by atoms with E-state index in [1.807, 2.05) is 0 Å². The highest BCUT2D eigenvalue weighted by Gasteiger charge is 2.37. The van der Waals surface area contributed by atoms with Crippen LogP contribution in [0.4, 0.5) is 18.9 Å². The third kappa shape index (κ3) is 7.12.